The SMILES string of the molecule is c1ccc(-c2cc(-n3c4ccccc4c4nnc5c6ncccc6n(-c6cc(-c7ccccc7)nc(-c7ccccc7)n6)c5c43)nc(-c3ccccc3)n2)cc1. The fraction of sp³-hybridized carbons (Fsp3) is 0. The highest BCUT2D eigenvalue weighted by molar-refractivity contribution is 6.20. The molecule has 6 aromatic heterocycles. The summed E-state index contributed by atoms with van der Waals surface area (Å²) in [5.41, 5.74) is 10.9. The summed E-state index contributed by atoms with van der Waals surface area (Å²) in [5, 5.41) is 10.8. The molecule has 0 atom stereocenters. The molecule has 0 unspecified atom stereocenters. The summed E-state index contributed by atoms with van der Waals surface area (Å²) in [6.07, 6.45) is 1.79. The number of benzene rings is 5. The van der Waals surface area contributed by atoms with Gasteiger partial charge in [-0.25, -0.2) is 19.9 Å². The standard InChI is InChI=1S/C47H29N9/c1-5-16-30(17-6-1)35-28-39(51-46(49-35)32-20-9-3-10-21-32)55-37-25-14-13-24-34(37)41-44(55)45-43(54-53-41)42-38(26-15-27-48-42)56(45)40-29-36(31-18-7-2-8-19-31)50-47(52-40)33-22-11-4-12-23-33/h1-29H. The fourth-order valence-corrected chi connectivity index (χ4v) is 7.57. The highest BCUT2D eigenvalue weighted by atomic mass is 15.2. The highest BCUT2D eigenvalue weighted by Gasteiger charge is 2.26. The maximum absolute atomic E-state index is 5.30. The first kappa shape index (κ1) is 31.6. The van der Waals surface area contributed by atoms with E-state index in [2.05, 4.69) is 57.7 Å². The van der Waals surface area contributed by atoms with Crippen molar-refractivity contribution in [2.24, 2.45) is 0 Å². The van der Waals surface area contributed by atoms with E-state index in [4.69, 9.17) is 35.1 Å². The van der Waals surface area contributed by atoms with Crippen LogP contribution in [0.5, 0.6) is 0 Å². The van der Waals surface area contributed by atoms with Gasteiger partial charge in [0.05, 0.1) is 22.4 Å². The number of nitrogens with zero attached hydrogens (tertiary/aromatic N) is 9. The maximum Gasteiger partial charge on any atom is 0.162 e. The van der Waals surface area contributed by atoms with Gasteiger partial charge in [0.2, 0.25) is 0 Å². The van der Waals surface area contributed by atoms with Crippen LogP contribution in [0.3, 0.4) is 0 Å². The molecule has 0 aliphatic carbocycles. The van der Waals surface area contributed by atoms with E-state index < -0.39 is 0 Å². The lowest BCUT2D eigenvalue weighted by molar-refractivity contribution is 1.02. The Balaban J connectivity index is 1.29. The third-order valence-corrected chi connectivity index (χ3v) is 10.1. The van der Waals surface area contributed by atoms with Crippen molar-refractivity contribution in [1.82, 2.24) is 44.3 Å². The lowest BCUT2D eigenvalue weighted by Gasteiger charge is -2.14. The van der Waals surface area contributed by atoms with Crippen molar-refractivity contribution in [3.63, 3.8) is 0 Å². The van der Waals surface area contributed by atoms with Gasteiger partial charge in [-0.3, -0.25) is 14.1 Å². The monoisotopic (exact) mass is 719 g/mol. The quantitative estimate of drug-likeness (QED) is 0.169. The van der Waals surface area contributed by atoms with Gasteiger partial charge in [0.15, 0.2) is 11.6 Å². The third kappa shape index (κ3) is 5.13. The van der Waals surface area contributed by atoms with Gasteiger partial charge in [-0.1, -0.05) is 140 Å². The lowest BCUT2D eigenvalue weighted by atomic mass is 10.1. The van der Waals surface area contributed by atoms with Crippen molar-refractivity contribution in [2.75, 3.05) is 0 Å². The highest BCUT2D eigenvalue weighted by Crippen LogP contribution is 2.40. The Hall–Kier alpha value is -7.91. The zero-order chi connectivity index (χ0) is 37.0. The maximum atomic E-state index is 5.30. The average Bonchev–Trinajstić information content (AvgIpc) is 3.81. The van der Waals surface area contributed by atoms with Crippen molar-refractivity contribution in [3.8, 4) is 56.9 Å². The van der Waals surface area contributed by atoms with Gasteiger partial charge in [-0.2, -0.15) is 0 Å². The summed E-state index contributed by atoms with van der Waals surface area (Å²) >= 11 is 0. The van der Waals surface area contributed by atoms with Gasteiger partial charge in [0.25, 0.3) is 0 Å². The smallest absolute Gasteiger partial charge is 0.162 e. The lowest BCUT2D eigenvalue weighted by Crippen LogP contribution is -2.06. The molecule has 11 aromatic rings. The van der Waals surface area contributed by atoms with E-state index in [0.29, 0.717) is 34.3 Å². The molecule has 9 nitrogen and oxygen atoms in total. The Morgan fingerprint density at radius 3 is 1.38 bits per heavy atom. The molecule has 9 heteroatoms. The summed E-state index contributed by atoms with van der Waals surface area (Å²) in [6, 6.07) is 56.9. The van der Waals surface area contributed by atoms with E-state index in [1.165, 1.54) is 0 Å². The van der Waals surface area contributed by atoms with Crippen LogP contribution in [0.25, 0.3) is 101 Å². The average molecular weight is 720 g/mol. The van der Waals surface area contributed by atoms with Crippen molar-refractivity contribution < 1.29 is 0 Å². The molecule has 11 rings (SSSR count). The zero-order valence-electron chi connectivity index (χ0n) is 29.8. The van der Waals surface area contributed by atoms with Crippen LogP contribution < -0.4 is 0 Å². The summed E-state index contributed by atoms with van der Waals surface area (Å²) < 4.78 is 4.34. The fourth-order valence-electron chi connectivity index (χ4n) is 7.57. The minimum absolute atomic E-state index is 0.607. The van der Waals surface area contributed by atoms with Crippen molar-refractivity contribution in [1.29, 1.82) is 0 Å². The van der Waals surface area contributed by atoms with E-state index in [1.54, 1.807) is 6.20 Å². The van der Waals surface area contributed by atoms with E-state index in [0.717, 1.165) is 66.6 Å². The number of rotatable bonds is 6. The molecule has 0 fully saturated rings. The predicted molar refractivity (Wildman–Crippen MR) is 221 cm³/mol. The molecule has 0 N–H and O–H groups in total. The number of hydrogen-bond donors (Lipinski definition) is 0. The minimum atomic E-state index is 0.607. The first-order valence-corrected chi connectivity index (χ1v) is 18.3. The number of fused-ring (bicyclic) bond motifs is 7. The summed E-state index contributed by atoms with van der Waals surface area (Å²) in [6.45, 7) is 0. The molecular weight excluding hydrogens is 691 g/mol. The topological polar surface area (TPSA) is 100 Å². The van der Waals surface area contributed by atoms with E-state index in [9.17, 15) is 0 Å². The van der Waals surface area contributed by atoms with Crippen LogP contribution in [0.4, 0.5) is 0 Å². The zero-order valence-corrected chi connectivity index (χ0v) is 29.8. The predicted octanol–water partition coefficient (Wildman–Crippen LogP) is 10.3. The minimum Gasteiger partial charge on any atom is -0.290 e. The molecule has 0 radical (unpaired) electrons. The molecule has 5 aromatic carbocycles. The second-order valence-corrected chi connectivity index (χ2v) is 13.5. The first-order valence-electron chi connectivity index (χ1n) is 18.3. The second-order valence-electron chi connectivity index (χ2n) is 13.5. The van der Waals surface area contributed by atoms with Crippen molar-refractivity contribution >= 4 is 44.0 Å². The Labute approximate surface area is 320 Å². The van der Waals surface area contributed by atoms with Crippen LogP contribution in [-0.4, -0.2) is 44.3 Å². The van der Waals surface area contributed by atoms with Crippen molar-refractivity contribution in [2.45, 2.75) is 0 Å². The van der Waals surface area contributed by atoms with Crippen LogP contribution in [-0.2, 0) is 0 Å². The molecule has 56 heavy (non-hydrogen) atoms. The molecule has 0 aliphatic rings. The molecule has 0 saturated carbocycles. The third-order valence-electron chi connectivity index (χ3n) is 10.1. The van der Waals surface area contributed by atoms with Crippen molar-refractivity contribution in [3.05, 3.63) is 176 Å². The molecule has 0 bridgehead atoms. The molecule has 6 heterocycles. The van der Waals surface area contributed by atoms with Crippen LogP contribution in [0.15, 0.2) is 176 Å². The normalized spacial score (nSPS) is 11.6. The molecule has 262 valence electrons. The van der Waals surface area contributed by atoms with E-state index in [-0.39, 0.29) is 0 Å². The van der Waals surface area contributed by atoms with E-state index >= 15 is 0 Å². The van der Waals surface area contributed by atoms with Gasteiger partial charge >= 0.3 is 0 Å². The largest absolute Gasteiger partial charge is 0.290 e. The summed E-state index contributed by atoms with van der Waals surface area (Å²) in [7, 11) is 0. The molecular formula is C47H29N9. The Morgan fingerprint density at radius 1 is 0.357 bits per heavy atom. The number of para-hydroxylation sites is 1. The van der Waals surface area contributed by atoms with Gasteiger partial charge in [0.1, 0.15) is 39.2 Å². The van der Waals surface area contributed by atoms with E-state index in [1.807, 2.05) is 121 Å². The van der Waals surface area contributed by atoms with Gasteiger partial charge in [-0.05, 0) is 18.2 Å². The summed E-state index contributed by atoms with van der Waals surface area (Å²) in [5.74, 6) is 2.59. The molecule has 0 saturated heterocycles. The van der Waals surface area contributed by atoms with Crippen LogP contribution >= 0.6 is 0 Å². The number of pyridine rings is 1. The van der Waals surface area contributed by atoms with Gasteiger partial charge in [0, 0.05) is 46.0 Å². The molecule has 0 amide bonds. The van der Waals surface area contributed by atoms with Crippen LogP contribution in [0.2, 0.25) is 0 Å². The summed E-state index contributed by atoms with van der Waals surface area (Å²) in [4.78, 5) is 25.7. The Kier molecular flexibility index (Phi) is 7.27. The second kappa shape index (κ2) is 12.9. The molecule has 0 aliphatic heterocycles. The van der Waals surface area contributed by atoms with Crippen LogP contribution in [0.1, 0.15) is 0 Å². The van der Waals surface area contributed by atoms with Crippen LogP contribution in [0, 0.1) is 0 Å². The Morgan fingerprint density at radius 2 is 0.804 bits per heavy atom. The molecule has 0 spiro atoms. The first-order chi connectivity index (χ1) is 27.8. The Bertz CT molecular complexity index is 2900. The number of aromatic nitrogens is 9. The number of hydrogen-bond acceptors (Lipinski definition) is 7. The van der Waals surface area contributed by atoms with Gasteiger partial charge in [-0.15, -0.1) is 10.2 Å². The van der Waals surface area contributed by atoms with Gasteiger partial charge < -0.3 is 0 Å².